The molecule has 0 spiro atoms. The van der Waals surface area contributed by atoms with E-state index < -0.39 is 0 Å². The van der Waals surface area contributed by atoms with Crippen LogP contribution in [0.2, 0.25) is 0 Å². The molecule has 3 aromatic carbocycles. The Kier molecular flexibility index (Phi) is 17.7. The van der Waals surface area contributed by atoms with Crippen molar-refractivity contribution in [1.82, 2.24) is 4.90 Å². The summed E-state index contributed by atoms with van der Waals surface area (Å²) in [5.74, 6) is 0. The number of piperidine rings is 1. The van der Waals surface area contributed by atoms with Gasteiger partial charge >= 0.3 is 51.4 Å². The summed E-state index contributed by atoms with van der Waals surface area (Å²) in [6.45, 7) is 17.8. The van der Waals surface area contributed by atoms with Crippen LogP contribution in [-0.2, 0) is 6.54 Å². The predicted octanol–water partition coefficient (Wildman–Crippen LogP) is 6.00. The van der Waals surface area contributed by atoms with Crippen LogP contribution >= 0.6 is 0 Å². The smallest absolute Gasteiger partial charge is 1.00 e. The molecule has 2 heteroatoms. The number of aryl methyl sites for hydroxylation is 1. The van der Waals surface area contributed by atoms with E-state index in [0.29, 0.717) is 0 Å². The van der Waals surface area contributed by atoms with Gasteiger partial charge in [0, 0.05) is 6.54 Å². The molecule has 0 bridgehead atoms. The molecular weight excluding hydrogens is 401 g/mol. The van der Waals surface area contributed by atoms with Gasteiger partial charge in [0.05, 0.1) is 0 Å². The fraction of sp³-hybridized carbons (Fsp3) is 0.448. The molecule has 1 aliphatic rings. The molecule has 31 heavy (non-hydrogen) atoms. The third kappa shape index (κ3) is 9.49. The number of rotatable bonds is 3. The van der Waals surface area contributed by atoms with Gasteiger partial charge in [0.2, 0.25) is 0 Å². The Balaban J connectivity index is 0. The fourth-order valence-electron chi connectivity index (χ4n) is 3.83. The first-order valence-electron chi connectivity index (χ1n) is 12.1. The van der Waals surface area contributed by atoms with Crippen LogP contribution in [0.3, 0.4) is 0 Å². The molecule has 3 aromatic rings. The zero-order chi connectivity index (χ0) is 22.4. The van der Waals surface area contributed by atoms with Crippen LogP contribution in [0.4, 0.5) is 0 Å². The quantitative estimate of drug-likeness (QED) is 0.447. The Labute approximate surface area is 236 Å². The van der Waals surface area contributed by atoms with Gasteiger partial charge < -0.3 is 1.43 Å². The maximum Gasteiger partial charge on any atom is 1.00 e. The number of likely N-dealkylation sites (tertiary alicyclic amines) is 1. The molecule has 0 saturated carbocycles. The zero-order valence-corrected chi connectivity index (χ0v) is 24.6. The van der Waals surface area contributed by atoms with E-state index in [1.165, 1.54) is 65.4 Å². The zero-order valence-electron chi connectivity index (χ0n) is 22.5. The third-order valence-corrected chi connectivity index (χ3v) is 5.21. The second kappa shape index (κ2) is 18.0. The van der Waals surface area contributed by atoms with Gasteiger partial charge in [-0.05, 0) is 71.9 Å². The molecule has 0 atom stereocenters. The van der Waals surface area contributed by atoms with E-state index in [9.17, 15) is 0 Å². The van der Waals surface area contributed by atoms with Crippen LogP contribution in [0.5, 0.6) is 0 Å². The first kappa shape index (κ1) is 30.5. The Morgan fingerprint density at radius 3 is 1.77 bits per heavy atom. The van der Waals surface area contributed by atoms with Crippen LogP contribution in [-0.4, -0.2) is 18.0 Å². The first-order chi connectivity index (χ1) is 14.8. The predicted molar refractivity (Wildman–Crippen MR) is 138 cm³/mol. The van der Waals surface area contributed by atoms with Crippen molar-refractivity contribution in [2.24, 2.45) is 0 Å². The summed E-state index contributed by atoms with van der Waals surface area (Å²) in [6, 6.07) is 22.4. The summed E-state index contributed by atoms with van der Waals surface area (Å²) < 4.78 is 0. The van der Waals surface area contributed by atoms with E-state index in [4.69, 9.17) is 0 Å². The van der Waals surface area contributed by atoms with E-state index >= 15 is 0 Å². The van der Waals surface area contributed by atoms with Crippen LogP contribution in [0.25, 0.3) is 21.9 Å². The van der Waals surface area contributed by atoms with Gasteiger partial charge in [-0.25, -0.2) is 0 Å². The number of benzene rings is 3. The molecule has 0 amide bonds. The molecule has 1 fully saturated rings. The summed E-state index contributed by atoms with van der Waals surface area (Å²) in [4.78, 5) is 2.58. The van der Waals surface area contributed by atoms with Crippen molar-refractivity contribution in [2.45, 2.75) is 74.3 Å². The molecule has 1 aliphatic heterocycles. The Morgan fingerprint density at radius 2 is 1.23 bits per heavy atom. The number of hydrogen-bond acceptors (Lipinski definition) is 1. The van der Waals surface area contributed by atoms with Gasteiger partial charge in [0.15, 0.2) is 0 Å². The van der Waals surface area contributed by atoms with Crippen molar-refractivity contribution < 1.29 is 52.8 Å². The standard InChI is InChI=1S/C23H25N.3C2H6.K.H/c1-18-15-21-7-3-4-8-22(21)16-23(18)20-11-9-19(10-12-20)17-24-13-5-2-6-14-24;3*1-2;;/h3-4,7-12,15-16H,2,5-6,13-14,17H2,1H3;3*1-2H3;;/q;;;;+1;-1. The van der Waals surface area contributed by atoms with Gasteiger partial charge in [-0.3, -0.25) is 4.90 Å². The molecule has 1 nitrogen and oxygen atoms in total. The molecule has 4 rings (SSSR count). The minimum Gasteiger partial charge on any atom is -1.00 e. The monoisotopic (exact) mass is 445 g/mol. The molecule has 0 N–H and O–H groups in total. The molecular formula is C29H44KN. The summed E-state index contributed by atoms with van der Waals surface area (Å²) >= 11 is 0. The van der Waals surface area contributed by atoms with Crippen molar-refractivity contribution in [1.29, 1.82) is 0 Å². The largest absolute Gasteiger partial charge is 1.00 e. The number of fused-ring (bicyclic) bond motifs is 1. The third-order valence-electron chi connectivity index (χ3n) is 5.21. The topological polar surface area (TPSA) is 3.24 Å². The van der Waals surface area contributed by atoms with Gasteiger partial charge in [-0.2, -0.15) is 0 Å². The second-order valence-electron chi connectivity index (χ2n) is 7.05. The van der Waals surface area contributed by atoms with Crippen molar-refractivity contribution in [3.8, 4) is 11.1 Å². The Hall–Kier alpha value is -0.484. The molecule has 1 saturated heterocycles. The normalized spacial score (nSPS) is 12.7. The molecule has 1 heterocycles. The van der Waals surface area contributed by atoms with Crippen LogP contribution in [0.15, 0.2) is 60.7 Å². The van der Waals surface area contributed by atoms with Crippen LogP contribution in [0, 0.1) is 6.92 Å². The van der Waals surface area contributed by atoms with E-state index in [1.54, 1.807) is 0 Å². The summed E-state index contributed by atoms with van der Waals surface area (Å²) in [5.41, 5.74) is 5.44. The summed E-state index contributed by atoms with van der Waals surface area (Å²) in [7, 11) is 0. The minimum absolute atomic E-state index is 0. The SMILES string of the molecule is CC.CC.CC.Cc1cc2ccccc2cc1-c1ccc(CN2CCCCC2)cc1.[H-].[K+]. The summed E-state index contributed by atoms with van der Waals surface area (Å²) in [6.07, 6.45) is 4.11. The van der Waals surface area contributed by atoms with Crippen molar-refractivity contribution in [3.05, 3.63) is 71.8 Å². The average molecular weight is 446 g/mol. The van der Waals surface area contributed by atoms with Gasteiger partial charge in [-0.1, -0.05) is 103 Å². The second-order valence-corrected chi connectivity index (χ2v) is 7.05. The average Bonchev–Trinajstić information content (AvgIpc) is 2.84. The minimum atomic E-state index is 0. The van der Waals surface area contributed by atoms with E-state index in [-0.39, 0.29) is 52.8 Å². The van der Waals surface area contributed by atoms with E-state index in [0.717, 1.165) is 6.54 Å². The fourth-order valence-corrected chi connectivity index (χ4v) is 3.83. The maximum atomic E-state index is 2.58. The molecule has 0 aromatic heterocycles. The molecule has 166 valence electrons. The number of nitrogens with zero attached hydrogens (tertiary/aromatic N) is 1. The van der Waals surface area contributed by atoms with Gasteiger partial charge in [0.25, 0.3) is 0 Å². The van der Waals surface area contributed by atoms with Gasteiger partial charge in [-0.15, -0.1) is 0 Å². The van der Waals surface area contributed by atoms with E-state index in [2.05, 4.69) is 72.5 Å². The van der Waals surface area contributed by atoms with Crippen molar-refractivity contribution in [2.75, 3.05) is 13.1 Å². The van der Waals surface area contributed by atoms with Crippen molar-refractivity contribution in [3.63, 3.8) is 0 Å². The number of hydrogen-bond donors (Lipinski definition) is 0. The molecule has 0 aliphatic carbocycles. The maximum absolute atomic E-state index is 2.58. The Morgan fingerprint density at radius 1 is 0.710 bits per heavy atom. The van der Waals surface area contributed by atoms with Crippen molar-refractivity contribution >= 4 is 10.8 Å². The Bertz CT molecular complexity index is 839. The van der Waals surface area contributed by atoms with Crippen LogP contribution < -0.4 is 51.4 Å². The van der Waals surface area contributed by atoms with Crippen LogP contribution in [0.1, 0.15) is 73.4 Å². The molecule has 0 unspecified atom stereocenters. The molecule has 0 radical (unpaired) electrons. The summed E-state index contributed by atoms with van der Waals surface area (Å²) in [5, 5.41) is 2.64. The first-order valence-corrected chi connectivity index (χ1v) is 12.1. The van der Waals surface area contributed by atoms with E-state index in [1.807, 2.05) is 41.5 Å². The van der Waals surface area contributed by atoms with Gasteiger partial charge in [0.1, 0.15) is 0 Å².